The molecule has 0 amide bonds. The minimum atomic E-state index is -0.487. The Kier molecular flexibility index (Phi) is 9.99. The number of ether oxygens (including phenoxy) is 4. The van der Waals surface area contributed by atoms with Crippen molar-refractivity contribution in [2.75, 3.05) is 6.61 Å². The molecule has 3 aromatic rings. The average Bonchev–Trinajstić information content (AvgIpc) is 2.96. The fraction of sp³-hybridized carbons (Fsp3) is 0.419. The van der Waals surface area contributed by atoms with E-state index in [2.05, 4.69) is 58.0 Å². The quantitative estimate of drug-likeness (QED) is 0.217. The summed E-state index contributed by atoms with van der Waals surface area (Å²) in [6, 6.07) is 26.8. The zero-order valence-corrected chi connectivity index (χ0v) is 25.3. The zero-order valence-electron chi connectivity index (χ0n) is 23.5. The predicted molar refractivity (Wildman–Crippen MR) is 164 cm³/mol. The second-order valence-corrected chi connectivity index (χ2v) is 13.8. The summed E-state index contributed by atoms with van der Waals surface area (Å²) >= 11 is 1.70. The van der Waals surface area contributed by atoms with Gasteiger partial charge in [-0.15, -0.1) is 0 Å². The molecule has 3 aromatic carbocycles. The van der Waals surface area contributed by atoms with Crippen LogP contribution in [0.25, 0.3) is 0 Å². The van der Waals surface area contributed by atoms with Gasteiger partial charge in [0.15, 0.2) is 0 Å². The Labute approximate surface area is 245 Å². The van der Waals surface area contributed by atoms with Gasteiger partial charge < -0.3 is 0 Å². The van der Waals surface area contributed by atoms with Gasteiger partial charge in [0.2, 0.25) is 0 Å². The molecule has 5 nitrogen and oxygen atoms in total. The van der Waals surface area contributed by atoms with Gasteiger partial charge in [0.05, 0.1) is 0 Å². The van der Waals surface area contributed by atoms with E-state index in [1.807, 2.05) is 48.5 Å². The average molecular weight is 573 g/mol. The Bertz CT molecular complexity index is 1260. The Balaban J connectivity index is 1.46. The first kappa shape index (κ1) is 29.7. The Morgan fingerprint density at radius 1 is 1.00 bits per heavy atom. The summed E-state index contributed by atoms with van der Waals surface area (Å²) in [6.07, 6.45) is -1.32. The van der Waals surface area contributed by atoms with E-state index in [-0.39, 0.29) is 43.3 Å². The summed E-state index contributed by atoms with van der Waals surface area (Å²) < 4.78 is 37.7. The second-order valence-electron chi connectivity index (χ2n) is 11.3. The number of benzene rings is 3. The van der Waals surface area contributed by atoms with E-state index in [0.29, 0.717) is 13.2 Å². The van der Waals surface area contributed by atoms with Crippen LogP contribution in [0.1, 0.15) is 49.3 Å². The van der Waals surface area contributed by atoms with Crippen LogP contribution in [0.15, 0.2) is 83.8 Å². The summed E-state index contributed by atoms with van der Waals surface area (Å²) in [5.74, 6) is 0. The predicted octanol–water partition coefficient (Wildman–Crippen LogP) is 6.44. The normalized spacial score (nSPS) is 26.8. The maximum atomic E-state index is 11.5. The van der Waals surface area contributed by atoms with Crippen molar-refractivity contribution >= 4 is 34.2 Å². The number of thioether (sulfide) groups is 1. The Hall–Kier alpha value is -1.79. The first-order valence-electron chi connectivity index (χ1n) is 13.8. The van der Waals surface area contributed by atoms with Gasteiger partial charge in [0.25, 0.3) is 0 Å². The second kappa shape index (κ2) is 13.5. The molecule has 5 rings (SSSR count). The van der Waals surface area contributed by atoms with E-state index in [9.17, 15) is 4.70 Å². The van der Waals surface area contributed by atoms with Crippen LogP contribution in [0.3, 0.4) is 0 Å². The third-order valence-electron chi connectivity index (χ3n) is 7.36. The van der Waals surface area contributed by atoms with Crippen LogP contribution in [0.2, 0.25) is 0 Å². The minimum absolute atomic E-state index is 0.0328. The molecule has 2 aliphatic heterocycles. The van der Waals surface area contributed by atoms with E-state index in [1.54, 1.807) is 18.7 Å². The van der Waals surface area contributed by atoms with Crippen molar-refractivity contribution in [3.63, 3.8) is 0 Å². The van der Waals surface area contributed by atoms with Crippen molar-refractivity contribution in [3.05, 3.63) is 101 Å². The third-order valence-corrected chi connectivity index (χ3v) is 10.0. The molecule has 207 valence electrons. The molecule has 9 heteroatoms. The SMILES string of the molecule is Cc1ccc(C(C)(C)C)cc1S[C@@H]1OC2COC(c3ccccc3)O[C@H]2[C@H](P[B]B=O)C1OCc1ccccc1. The number of rotatable bonds is 9. The number of hydrogen-bond donors (Lipinski definition) is 0. The van der Waals surface area contributed by atoms with E-state index in [4.69, 9.17) is 18.9 Å². The standard InChI is InChI=1S/C31H36B2O5PS/c1-20-15-16-23(31(2,3)4)17-25(20)40-30-27(35-18-21-11-7-5-8-12-21)28(39-33-32-34)26-24(37-30)19-36-29(38-26)22-13-9-6-10-14-22/h5-17,24,26-30,39H,18-19H2,1-4H3/t24?,26-,27?,28+,29?,30+/m1/s1. The molecule has 1 radical (unpaired) electrons. The molecule has 0 aliphatic carbocycles. The van der Waals surface area contributed by atoms with E-state index < -0.39 is 6.29 Å². The van der Waals surface area contributed by atoms with Crippen LogP contribution < -0.4 is 0 Å². The van der Waals surface area contributed by atoms with Crippen LogP contribution in [0.5, 0.6) is 0 Å². The molecule has 2 heterocycles. The topological polar surface area (TPSA) is 54.0 Å². The van der Waals surface area contributed by atoms with E-state index in [0.717, 1.165) is 18.2 Å². The monoisotopic (exact) mass is 573 g/mol. The fourth-order valence-electron chi connectivity index (χ4n) is 5.07. The summed E-state index contributed by atoms with van der Waals surface area (Å²) in [5.41, 5.74) is 4.21. The molecule has 40 heavy (non-hydrogen) atoms. The van der Waals surface area contributed by atoms with Gasteiger partial charge in [-0.05, 0) is 0 Å². The number of fused-ring (bicyclic) bond motifs is 1. The molecule has 7 atom stereocenters. The summed E-state index contributed by atoms with van der Waals surface area (Å²) in [6.45, 7) is 11.4. The first-order chi connectivity index (χ1) is 19.3. The molecular formula is C31H36B2O5PS. The van der Waals surface area contributed by atoms with Crippen LogP contribution in [0.4, 0.5) is 0 Å². The van der Waals surface area contributed by atoms with Gasteiger partial charge in [0.1, 0.15) is 0 Å². The van der Waals surface area contributed by atoms with Gasteiger partial charge >= 0.3 is 246 Å². The molecule has 0 N–H and O–H groups in total. The van der Waals surface area contributed by atoms with Crippen LogP contribution in [0, 0.1) is 6.92 Å². The van der Waals surface area contributed by atoms with Crippen molar-refractivity contribution < 1.29 is 23.7 Å². The molecule has 0 aromatic heterocycles. The van der Waals surface area contributed by atoms with Gasteiger partial charge in [-0.2, -0.15) is 0 Å². The summed E-state index contributed by atoms with van der Waals surface area (Å²) in [7, 11) is 1.11. The Morgan fingerprint density at radius 3 is 2.42 bits per heavy atom. The summed E-state index contributed by atoms with van der Waals surface area (Å²) in [4.78, 5) is 1.17. The zero-order chi connectivity index (χ0) is 28.1. The van der Waals surface area contributed by atoms with Crippen molar-refractivity contribution in [1.82, 2.24) is 0 Å². The molecule has 4 unspecified atom stereocenters. The molecule has 2 fully saturated rings. The van der Waals surface area contributed by atoms with E-state index in [1.165, 1.54) is 16.0 Å². The van der Waals surface area contributed by atoms with Gasteiger partial charge in [-0.25, -0.2) is 0 Å². The fourth-order valence-corrected chi connectivity index (χ4v) is 7.74. The van der Waals surface area contributed by atoms with Crippen LogP contribution in [-0.4, -0.2) is 49.9 Å². The number of hydrogen-bond acceptors (Lipinski definition) is 6. The van der Waals surface area contributed by atoms with Gasteiger partial charge in [0, 0.05) is 0 Å². The molecule has 0 saturated carbocycles. The van der Waals surface area contributed by atoms with Crippen molar-refractivity contribution in [3.8, 4) is 0 Å². The molecule has 2 saturated heterocycles. The summed E-state index contributed by atoms with van der Waals surface area (Å²) in [5, 5.41) is 0. The molecule has 2 aliphatic rings. The number of aryl methyl sites for hydroxylation is 1. The van der Waals surface area contributed by atoms with Crippen molar-refractivity contribution in [2.45, 2.75) is 80.3 Å². The first-order valence-corrected chi connectivity index (χ1v) is 15.8. The molecular weight excluding hydrogens is 537 g/mol. The third kappa shape index (κ3) is 7.15. The molecule has 0 bridgehead atoms. The van der Waals surface area contributed by atoms with Crippen LogP contribution >= 0.6 is 20.2 Å². The van der Waals surface area contributed by atoms with Crippen LogP contribution in [-0.2, 0) is 35.7 Å². The molecule has 0 spiro atoms. The Morgan fingerprint density at radius 2 is 1.73 bits per heavy atom. The maximum absolute atomic E-state index is 11.5. The van der Waals surface area contributed by atoms with Gasteiger partial charge in [-0.1, -0.05) is 0 Å². The van der Waals surface area contributed by atoms with Gasteiger partial charge in [-0.3, -0.25) is 0 Å². The van der Waals surface area contributed by atoms with E-state index >= 15 is 0 Å². The van der Waals surface area contributed by atoms with Crippen molar-refractivity contribution in [2.24, 2.45) is 0 Å². The van der Waals surface area contributed by atoms with Crippen molar-refractivity contribution in [1.29, 1.82) is 0 Å².